The molecule has 0 atom stereocenters. The van der Waals surface area contributed by atoms with E-state index in [0.29, 0.717) is 58.2 Å². The van der Waals surface area contributed by atoms with Crippen molar-refractivity contribution < 1.29 is 49.2 Å². The minimum absolute atomic E-state index is 0.00493. The van der Waals surface area contributed by atoms with Crippen molar-refractivity contribution in [1.82, 2.24) is 34.7 Å². The second-order valence-electron chi connectivity index (χ2n) is 11.7. The highest BCUT2D eigenvalue weighted by Crippen LogP contribution is 2.15. The monoisotopic (exact) mass is 740 g/mol. The number of nitrogens with one attached hydrogen (secondary N) is 1. The van der Waals surface area contributed by atoms with Crippen LogP contribution in [0.2, 0.25) is 0 Å². The van der Waals surface area contributed by atoms with Crippen LogP contribution in [0.15, 0.2) is 38.0 Å². The molecule has 0 aromatic heterocycles. The number of aliphatic hydroxyl groups excluding tert-OH is 4. The third kappa shape index (κ3) is 19.4. The predicted octanol–water partition coefficient (Wildman–Crippen LogP) is -1.71. The number of nitrogens with zero attached hydrogens (tertiary/aromatic N) is 6. The highest BCUT2D eigenvalue weighted by atomic mass is 16.3. The second kappa shape index (κ2) is 29.4. The molecule has 0 saturated carbocycles. The maximum Gasteiger partial charge on any atom is 0.248 e. The molecule has 0 spiro atoms. The maximum atomic E-state index is 12.6. The summed E-state index contributed by atoms with van der Waals surface area (Å²) in [5.74, 6) is -1.42. The average Bonchev–Trinajstić information content (AvgIpc) is 3.18. The fourth-order valence-electron chi connectivity index (χ4n) is 4.79. The van der Waals surface area contributed by atoms with Crippen molar-refractivity contribution in [3.05, 3.63) is 38.0 Å². The van der Waals surface area contributed by atoms with Crippen LogP contribution in [-0.2, 0) is 28.8 Å². The Balaban J connectivity index is 0.000000997. The SMILES string of the molecule is C=CC(=O)N1CN(C(=O)C=C)CN(C(=O)C=C)C1.NCCO.O=C(CCCCCO)N1CN(C(=O)CCCCCO)CN(C(=O)CCNCCO)C1. The van der Waals surface area contributed by atoms with Gasteiger partial charge in [0.1, 0.15) is 0 Å². The molecule has 6 amide bonds. The van der Waals surface area contributed by atoms with Crippen LogP contribution in [0.25, 0.3) is 0 Å². The number of aliphatic hydroxyl groups is 4. The van der Waals surface area contributed by atoms with Gasteiger partial charge in [0, 0.05) is 52.1 Å². The normalized spacial score (nSPS) is 14.0. The first-order valence-electron chi connectivity index (χ1n) is 17.4. The first-order chi connectivity index (χ1) is 25.0. The average molecular weight is 741 g/mol. The molecule has 2 aliphatic heterocycles. The van der Waals surface area contributed by atoms with E-state index >= 15 is 0 Å². The number of hydrogen-bond acceptors (Lipinski definition) is 12. The van der Waals surface area contributed by atoms with Crippen LogP contribution in [-0.4, -0.2) is 171 Å². The van der Waals surface area contributed by atoms with Crippen molar-refractivity contribution in [2.24, 2.45) is 5.73 Å². The first kappa shape index (κ1) is 47.8. The molecule has 2 heterocycles. The number of nitrogens with two attached hydrogens (primary N) is 1. The van der Waals surface area contributed by atoms with E-state index in [1.54, 1.807) is 0 Å². The van der Waals surface area contributed by atoms with Crippen molar-refractivity contribution in [3.63, 3.8) is 0 Å². The number of unbranched alkanes of at least 4 members (excludes halogenated alkanes) is 4. The highest BCUT2D eigenvalue weighted by Gasteiger charge is 2.31. The van der Waals surface area contributed by atoms with Crippen LogP contribution in [0.1, 0.15) is 57.8 Å². The van der Waals surface area contributed by atoms with Gasteiger partial charge < -0.3 is 60.9 Å². The topological polar surface area (TPSA) is 241 Å². The van der Waals surface area contributed by atoms with Crippen molar-refractivity contribution in [2.75, 3.05) is 86.1 Å². The summed E-state index contributed by atoms with van der Waals surface area (Å²) in [6.45, 7) is 12.4. The van der Waals surface area contributed by atoms with E-state index in [1.807, 2.05) is 0 Å². The summed E-state index contributed by atoms with van der Waals surface area (Å²) >= 11 is 0. The number of hydrogen-bond donors (Lipinski definition) is 6. The minimum atomic E-state index is -0.349. The zero-order valence-electron chi connectivity index (χ0n) is 30.4. The van der Waals surface area contributed by atoms with Gasteiger partial charge in [-0.05, 0) is 43.9 Å². The van der Waals surface area contributed by atoms with Gasteiger partial charge >= 0.3 is 0 Å². The Morgan fingerprint density at radius 2 is 0.808 bits per heavy atom. The summed E-state index contributed by atoms with van der Waals surface area (Å²) in [4.78, 5) is 81.1. The Hall–Kier alpha value is -4.20. The van der Waals surface area contributed by atoms with Crippen LogP contribution in [0.3, 0.4) is 0 Å². The quantitative estimate of drug-likeness (QED) is 0.0641. The van der Waals surface area contributed by atoms with E-state index in [9.17, 15) is 28.8 Å². The van der Waals surface area contributed by atoms with Gasteiger partial charge in [-0.1, -0.05) is 32.6 Å². The molecule has 0 aromatic carbocycles. The number of rotatable bonds is 19. The molecule has 0 radical (unpaired) electrons. The summed E-state index contributed by atoms with van der Waals surface area (Å²) in [6.07, 6.45) is 8.39. The van der Waals surface area contributed by atoms with Gasteiger partial charge in [0.05, 0.1) is 53.2 Å². The highest BCUT2D eigenvalue weighted by molar-refractivity contribution is 5.92. The lowest BCUT2D eigenvalue weighted by molar-refractivity contribution is -0.159. The molecule has 52 heavy (non-hydrogen) atoms. The minimum Gasteiger partial charge on any atom is -0.396 e. The standard InChI is InChI=1S/C20H38N4O6.C12H15N3O3.C2H7NO/c25-12-5-1-3-7-18(28)22-15-23(19(29)8-4-2-6-13-26)17-24(16-22)20(30)9-10-21-11-14-27;1-4-10(16)13-7-14(11(17)5-2)9-15(8-13)12(18)6-3;3-1-2-4/h21,25-27H,1-17H2;4-6H,1-3,7-9H2;4H,1-3H2. The smallest absolute Gasteiger partial charge is 0.248 e. The molecule has 0 unspecified atom stereocenters. The Morgan fingerprint density at radius 1 is 0.481 bits per heavy atom. The molecular formula is C34H60N8O10. The maximum absolute atomic E-state index is 12.6. The molecule has 296 valence electrons. The van der Waals surface area contributed by atoms with E-state index < -0.39 is 0 Å². The van der Waals surface area contributed by atoms with E-state index in [4.69, 9.17) is 26.2 Å². The van der Waals surface area contributed by atoms with E-state index in [1.165, 1.54) is 29.4 Å². The lowest BCUT2D eigenvalue weighted by Crippen LogP contribution is -2.59. The lowest BCUT2D eigenvalue weighted by Gasteiger charge is -2.42. The van der Waals surface area contributed by atoms with Gasteiger partial charge in [0.25, 0.3) is 0 Å². The molecular weight excluding hydrogens is 680 g/mol. The van der Waals surface area contributed by atoms with Crippen molar-refractivity contribution in [1.29, 1.82) is 0 Å². The van der Waals surface area contributed by atoms with Gasteiger partial charge in [0.2, 0.25) is 35.4 Å². The van der Waals surface area contributed by atoms with E-state index in [-0.39, 0.29) is 108 Å². The van der Waals surface area contributed by atoms with Crippen LogP contribution >= 0.6 is 0 Å². The molecule has 2 aliphatic rings. The molecule has 18 heteroatoms. The summed E-state index contributed by atoms with van der Waals surface area (Å²) in [5, 5.41) is 37.2. The zero-order valence-corrected chi connectivity index (χ0v) is 30.4. The first-order valence-corrected chi connectivity index (χ1v) is 17.4. The van der Waals surface area contributed by atoms with E-state index in [2.05, 4.69) is 25.1 Å². The van der Waals surface area contributed by atoms with E-state index in [0.717, 1.165) is 31.1 Å². The van der Waals surface area contributed by atoms with Gasteiger partial charge in [-0.25, -0.2) is 0 Å². The molecule has 0 bridgehead atoms. The van der Waals surface area contributed by atoms with Crippen molar-refractivity contribution in [3.8, 4) is 0 Å². The molecule has 18 nitrogen and oxygen atoms in total. The Morgan fingerprint density at radius 3 is 1.10 bits per heavy atom. The molecule has 2 saturated heterocycles. The van der Waals surface area contributed by atoms with Crippen molar-refractivity contribution in [2.45, 2.75) is 57.8 Å². The van der Waals surface area contributed by atoms with Gasteiger partial charge in [-0.2, -0.15) is 0 Å². The fourth-order valence-corrected chi connectivity index (χ4v) is 4.79. The zero-order chi connectivity index (χ0) is 39.3. The molecule has 2 rings (SSSR count). The van der Waals surface area contributed by atoms with Gasteiger partial charge in [-0.15, -0.1) is 0 Å². The summed E-state index contributed by atoms with van der Waals surface area (Å²) in [6, 6.07) is 0. The van der Waals surface area contributed by atoms with Gasteiger partial charge in [-0.3, -0.25) is 28.8 Å². The van der Waals surface area contributed by atoms with Crippen LogP contribution < -0.4 is 11.1 Å². The predicted molar refractivity (Wildman–Crippen MR) is 193 cm³/mol. The number of carbonyl (C=O) groups is 6. The number of amides is 6. The van der Waals surface area contributed by atoms with Crippen LogP contribution in [0.4, 0.5) is 0 Å². The summed E-state index contributed by atoms with van der Waals surface area (Å²) < 4.78 is 0. The molecule has 0 aliphatic carbocycles. The van der Waals surface area contributed by atoms with Gasteiger partial charge in [0.15, 0.2) is 0 Å². The molecule has 2 fully saturated rings. The lowest BCUT2D eigenvalue weighted by atomic mass is 10.1. The van der Waals surface area contributed by atoms with Crippen molar-refractivity contribution >= 4 is 35.4 Å². The fraction of sp³-hybridized carbons (Fsp3) is 0.647. The second-order valence-corrected chi connectivity index (χ2v) is 11.7. The Kier molecular flexibility index (Phi) is 27.0. The summed E-state index contributed by atoms with van der Waals surface area (Å²) in [7, 11) is 0. The molecule has 7 N–H and O–H groups in total. The van der Waals surface area contributed by atoms with Crippen LogP contribution in [0.5, 0.6) is 0 Å². The Labute approximate surface area is 306 Å². The Bertz CT molecular complexity index is 994. The third-order valence-corrected chi connectivity index (χ3v) is 7.60. The largest absolute Gasteiger partial charge is 0.396 e. The number of carbonyl (C=O) groups excluding carboxylic acids is 6. The summed E-state index contributed by atoms with van der Waals surface area (Å²) in [5.41, 5.74) is 4.78. The van der Waals surface area contributed by atoms with Crippen LogP contribution in [0, 0.1) is 0 Å². The third-order valence-electron chi connectivity index (χ3n) is 7.60. The molecule has 0 aromatic rings.